The molecule has 3 rings (SSSR count). The molecular weight excluding hydrogens is 204 g/mol. The van der Waals surface area contributed by atoms with Crippen LogP contribution in [0.3, 0.4) is 0 Å². The van der Waals surface area contributed by atoms with Gasteiger partial charge in [-0.25, -0.2) is 4.98 Å². The van der Waals surface area contributed by atoms with E-state index in [1.807, 2.05) is 22.7 Å². The predicted octanol–water partition coefficient (Wildman–Crippen LogP) is 3.20. The third kappa shape index (κ3) is 0.975. The van der Waals surface area contributed by atoms with Crippen molar-refractivity contribution in [3.63, 3.8) is 0 Å². The molecule has 4 heteroatoms. The van der Waals surface area contributed by atoms with Gasteiger partial charge in [0.1, 0.15) is 5.15 Å². The van der Waals surface area contributed by atoms with Crippen LogP contribution in [0, 0.1) is 0 Å². The molecule has 0 aliphatic rings. The maximum Gasteiger partial charge on any atom is 0.196 e. The summed E-state index contributed by atoms with van der Waals surface area (Å²) in [6.45, 7) is 0. The quantitative estimate of drug-likeness (QED) is 0.555. The van der Waals surface area contributed by atoms with Gasteiger partial charge in [0.05, 0.1) is 10.2 Å². The maximum absolute atomic E-state index is 5.80. The van der Waals surface area contributed by atoms with E-state index < -0.39 is 0 Å². The molecule has 0 saturated carbocycles. The van der Waals surface area contributed by atoms with Crippen LogP contribution in [0.4, 0.5) is 0 Å². The van der Waals surface area contributed by atoms with Crippen molar-refractivity contribution in [2.24, 2.45) is 0 Å². The van der Waals surface area contributed by atoms with Crippen LogP contribution in [-0.4, -0.2) is 9.38 Å². The van der Waals surface area contributed by atoms with E-state index in [2.05, 4.69) is 17.1 Å². The molecule has 0 atom stereocenters. The van der Waals surface area contributed by atoms with Crippen molar-refractivity contribution < 1.29 is 0 Å². The minimum absolute atomic E-state index is 0.553. The normalized spacial score (nSPS) is 11.5. The second-order valence-electron chi connectivity index (χ2n) is 2.79. The lowest BCUT2D eigenvalue weighted by Gasteiger charge is -1.87. The molecule has 13 heavy (non-hydrogen) atoms. The predicted molar refractivity (Wildman–Crippen MR) is 55.6 cm³/mol. The summed E-state index contributed by atoms with van der Waals surface area (Å²) < 4.78 is 3.25. The SMILES string of the molecule is Clc1cn2c(n1)sc1ccccc12. The summed E-state index contributed by atoms with van der Waals surface area (Å²) in [5.41, 5.74) is 1.17. The first-order chi connectivity index (χ1) is 6.34. The van der Waals surface area contributed by atoms with Crippen LogP contribution in [0.5, 0.6) is 0 Å². The number of hydrogen-bond acceptors (Lipinski definition) is 2. The first-order valence-electron chi connectivity index (χ1n) is 3.87. The van der Waals surface area contributed by atoms with Crippen LogP contribution < -0.4 is 0 Å². The Bertz CT molecular complexity index is 581. The van der Waals surface area contributed by atoms with Crippen molar-refractivity contribution in [2.75, 3.05) is 0 Å². The zero-order valence-electron chi connectivity index (χ0n) is 6.57. The Hall–Kier alpha value is -1.06. The van der Waals surface area contributed by atoms with E-state index in [4.69, 9.17) is 11.6 Å². The van der Waals surface area contributed by atoms with Crippen LogP contribution in [0.2, 0.25) is 5.15 Å². The van der Waals surface area contributed by atoms with Crippen LogP contribution in [-0.2, 0) is 0 Å². The molecule has 0 N–H and O–H groups in total. The van der Waals surface area contributed by atoms with Crippen molar-refractivity contribution >= 4 is 38.1 Å². The summed E-state index contributed by atoms with van der Waals surface area (Å²) in [7, 11) is 0. The molecule has 0 saturated heterocycles. The van der Waals surface area contributed by atoms with Gasteiger partial charge in [-0.3, -0.25) is 4.40 Å². The van der Waals surface area contributed by atoms with Gasteiger partial charge in [-0.15, -0.1) is 0 Å². The summed E-state index contributed by atoms with van der Waals surface area (Å²) >= 11 is 7.45. The van der Waals surface area contributed by atoms with Crippen LogP contribution in [0.1, 0.15) is 0 Å². The van der Waals surface area contributed by atoms with Crippen molar-refractivity contribution in [1.29, 1.82) is 0 Å². The Balaban J connectivity index is 2.60. The number of nitrogens with zero attached hydrogens (tertiary/aromatic N) is 2. The first-order valence-corrected chi connectivity index (χ1v) is 5.06. The van der Waals surface area contributed by atoms with Gasteiger partial charge in [0.15, 0.2) is 4.96 Å². The third-order valence-electron chi connectivity index (χ3n) is 1.97. The van der Waals surface area contributed by atoms with Crippen molar-refractivity contribution in [3.8, 4) is 0 Å². The molecule has 3 aromatic rings. The fourth-order valence-electron chi connectivity index (χ4n) is 1.42. The second-order valence-corrected chi connectivity index (χ2v) is 4.18. The lowest BCUT2D eigenvalue weighted by molar-refractivity contribution is 1.30. The number of fused-ring (bicyclic) bond motifs is 3. The lowest BCUT2D eigenvalue weighted by Crippen LogP contribution is -1.74. The summed E-state index contributed by atoms with van der Waals surface area (Å²) in [6.07, 6.45) is 1.84. The van der Waals surface area contributed by atoms with Gasteiger partial charge < -0.3 is 0 Å². The van der Waals surface area contributed by atoms with Crippen molar-refractivity contribution in [3.05, 3.63) is 35.6 Å². The van der Waals surface area contributed by atoms with E-state index in [9.17, 15) is 0 Å². The largest absolute Gasteiger partial charge is 0.289 e. The number of benzene rings is 1. The molecule has 0 radical (unpaired) electrons. The molecule has 0 bridgehead atoms. The maximum atomic E-state index is 5.80. The van der Waals surface area contributed by atoms with E-state index in [-0.39, 0.29) is 0 Å². The van der Waals surface area contributed by atoms with Crippen molar-refractivity contribution in [1.82, 2.24) is 9.38 Å². The number of rotatable bonds is 0. The summed E-state index contributed by atoms with van der Waals surface area (Å²) in [5, 5.41) is 0.553. The van der Waals surface area contributed by atoms with E-state index in [1.54, 1.807) is 11.3 Å². The van der Waals surface area contributed by atoms with Gasteiger partial charge in [-0.2, -0.15) is 0 Å². The molecule has 0 fully saturated rings. The number of halogens is 1. The molecule has 1 aromatic carbocycles. The van der Waals surface area contributed by atoms with Gasteiger partial charge in [-0.05, 0) is 12.1 Å². The highest BCUT2D eigenvalue weighted by atomic mass is 35.5. The van der Waals surface area contributed by atoms with Crippen molar-refractivity contribution in [2.45, 2.75) is 0 Å². The summed E-state index contributed by atoms with van der Waals surface area (Å²) in [4.78, 5) is 5.15. The average molecular weight is 209 g/mol. The van der Waals surface area contributed by atoms with E-state index in [0.717, 1.165) is 4.96 Å². The fraction of sp³-hybridized carbons (Fsp3) is 0. The Morgan fingerprint density at radius 1 is 1.31 bits per heavy atom. The highest BCUT2D eigenvalue weighted by molar-refractivity contribution is 7.23. The van der Waals surface area contributed by atoms with Gasteiger partial charge in [-0.1, -0.05) is 35.1 Å². The minimum Gasteiger partial charge on any atom is -0.289 e. The fourth-order valence-corrected chi connectivity index (χ4v) is 2.66. The van der Waals surface area contributed by atoms with Gasteiger partial charge in [0.2, 0.25) is 0 Å². The average Bonchev–Trinajstić information content (AvgIpc) is 2.60. The topological polar surface area (TPSA) is 17.3 Å². The lowest BCUT2D eigenvalue weighted by atomic mass is 10.3. The Morgan fingerprint density at radius 2 is 2.15 bits per heavy atom. The minimum atomic E-state index is 0.553. The Labute approximate surface area is 83.4 Å². The molecule has 0 unspecified atom stereocenters. The second kappa shape index (κ2) is 2.47. The molecule has 64 valence electrons. The molecule has 2 heterocycles. The summed E-state index contributed by atoms with van der Waals surface area (Å²) in [5.74, 6) is 0. The standard InChI is InChI=1S/C9H5ClN2S/c10-8-5-12-6-3-1-2-4-7(6)13-9(12)11-8/h1-5H. The van der Waals surface area contributed by atoms with E-state index in [1.165, 1.54) is 10.2 Å². The van der Waals surface area contributed by atoms with E-state index in [0.29, 0.717) is 5.15 Å². The smallest absolute Gasteiger partial charge is 0.196 e. The van der Waals surface area contributed by atoms with Gasteiger partial charge >= 0.3 is 0 Å². The number of aromatic nitrogens is 2. The number of para-hydroxylation sites is 1. The van der Waals surface area contributed by atoms with Crippen LogP contribution >= 0.6 is 22.9 Å². The molecule has 0 aliphatic heterocycles. The van der Waals surface area contributed by atoms with Crippen LogP contribution in [0.15, 0.2) is 30.5 Å². The molecule has 0 aliphatic carbocycles. The molecule has 2 aromatic heterocycles. The van der Waals surface area contributed by atoms with Crippen LogP contribution in [0.25, 0.3) is 15.2 Å². The molecule has 0 amide bonds. The molecular formula is C9H5ClN2S. The zero-order chi connectivity index (χ0) is 8.84. The Kier molecular flexibility index (Phi) is 1.39. The Morgan fingerprint density at radius 3 is 3.08 bits per heavy atom. The number of thiazole rings is 1. The highest BCUT2D eigenvalue weighted by Crippen LogP contribution is 2.26. The number of imidazole rings is 1. The first kappa shape index (κ1) is 7.35. The van der Waals surface area contributed by atoms with E-state index >= 15 is 0 Å². The zero-order valence-corrected chi connectivity index (χ0v) is 8.14. The van der Waals surface area contributed by atoms with Gasteiger partial charge in [0.25, 0.3) is 0 Å². The molecule has 2 nitrogen and oxygen atoms in total. The highest BCUT2D eigenvalue weighted by Gasteiger charge is 2.05. The number of hydrogen-bond donors (Lipinski definition) is 0. The third-order valence-corrected chi connectivity index (χ3v) is 3.19. The molecule has 0 spiro atoms. The monoisotopic (exact) mass is 208 g/mol. The van der Waals surface area contributed by atoms with Gasteiger partial charge in [0, 0.05) is 6.20 Å². The summed E-state index contributed by atoms with van der Waals surface area (Å²) in [6, 6.07) is 8.20.